The Labute approximate surface area is 92.5 Å². The van der Waals surface area contributed by atoms with E-state index in [0.717, 1.165) is 6.42 Å². The quantitative estimate of drug-likeness (QED) is 0.694. The van der Waals surface area contributed by atoms with Crippen LogP contribution in [0.1, 0.15) is 32.1 Å². The van der Waals surface area contributed by atoms with Crippen LogP contribution in [-0.4, -0.2) is 24.2 Å². The zero-order valence-corrected chi connectivity index (χ0v) is 8.97. The lowest BCUT2D eigenvalue weighted by Crippen LogP contribution is -2.30. The molecular weight excluding hydrogens is 216 g/mol. The first-order chi connectivity index (χ1) is 7.48. The van der Waals surface area contributed by atoms with Crippen molar-refractivity contribution in [2.45, 2.75) is 43.6 Å². The van der Waals surface area contributed by atoms with Gasteiger partial charge in [0.2, 0.25) is 5.92 Å². The second-order valence-corrected chi connectivity index (χ2v) is 5.45. The molecule has 3 atom stereocenters. The van der Waals surface area contributed by atoms with Crippen LogP contribution >= 0.6 is 0 Å². The van der Waals surface area contributed by atoms with Crippen molar-refractivity contribution >= 4 is 6.09 Å². The van der Waals surface area contributed by atoms with E-state index < -0.39 is 17.6 Å². The monoisotopic (exact) mass is 231 g/mol. The van der Waals surface area contributed by atoms with Gasteiger partial charge in [0.05, 0.1) is 6.54 Å². The Morgan fingerprint density at radius 1 is 1.25 bits per heavy atom. The smallest absolute Gasteiger partial charge is 0.407 e. The van der Waals surface area contributed by atoms with Crippen molar-refractivity contribution in [3.8, 4) is 0 Å². The second-order valence-electron chi connectivity index (χ2n) is 5.45. The fraction of sp³-hybridized carbons (Fsp3) is 0.909. The molecule has 3 nitrogen and oxygen atoms in total. The number of nitrogens with one attached hydrogen (secondary N) is 1. The van der Waals surface area contributed by atoms with E-state index in [2.05, 4.69) is 5.32 Å². The van der Waals surface area contributed by atoms with Crippen molar-refractivity contribution in [1.82, 2.24) is 5.32 Å². The summed E-state index contributed by atoms with van der Waals surface area (Å²) < 4.78 is 31.8. The van der Waals surface area contributed by atoms with Gasteiger partial charge in [-0.3, -0.25) is 0 Å². The second kappa shape index (κ2) is 3.08. The van der Waals surface area contributed by atoms with E-state index in [0.29, 0.717) is 25.3 Å². The molecule has 1 spiro atoms. The molecule has 0 aromatic heterocycles. The summed E-state index contributed by atoms with van der Waals surface area (Å²) in [6.07, 6.45) is 1.49. The van der Waals surface area contributed by atoms with Crippen molar-refractivity contribution in [2.24, 2.45) is 11.8 Å². The minimum Gasteiger partial charge on any atom is -0.441 e. The third-order valence-corrected chi connectivity index (χ3v) is 4.24. The number of fused-ring (bicyclic) bond motifs is 1. The molecule has 3 rings (SSSR count). The number of alkyl carbamates (subject to hydrolysis) is 1. The van der Waals surface area contributed by atoms with E-state index in [9.17, 15) is 13.6 Å². The molecule has 1 aliphatic heterocycles. The van der Waals surface area contributed by atoms with Crippen molar-refractivity contribution in [2.75, 3.05) is 6.54 Å². The maximum Gasteiger partial charge on any atom is 0.407 e. The molecule has 2 saturated carbocycles. The number of ether oxygens (including phenoxy) is 1. The Morgan fingerprint density at radius 2 is 2.00 bits per heavy atom. The molecule has 2 aliphatic carbocycles. The van der Waals surface area contributed by atoms with Gasteiger partial charge in [-0.15, -0.1) is 0 Å². The minimum absolute atomic E-state index is 0.00831. The topological polar surface area (TPSA) is 38.3 Å². The van der Waals surface area contributed by atoms with Crippen LogP contribution in [0.3, 0.4) is 0 Å². The van der Waals surface area contributed by atoms with Crippen LogP contribution in [0.15, 0.2) is 0 Å². The van der Waals surface area contributed by atoms with Crippen LogP contribution < -0.4 is 5.32 Å². The maximum atomic E-state index is 13.3. The van der Waals surface area contributed by atoms with Gasteiger partial charge in [-0.1, -0.05) is 0 Å². The molecule has 90 valence electrons. The lowest BCUT2D eigenvalue weighted by Gasteiger charge is -2.30. The van der Waals surface area contributed by atoms with E-state index in [1.807, 2.05) is 0 Å². The SMILES string of the molecule is O=C1NC[C@]2(C[C@@H]3CCC(F)(F)C[C@H]3C2)O1. The first-order valence-electron chi connectivity index (χ1n) is 5.83. The molecular formula is C11H15F2NO2. The van der Waals surface area contributed by atoms with Gasteiger partial charge in [-0.05, 0) is 31.1 Å². The fourth-order valence-corrected chi connectivity index (χ4v) is 3.56. The third kappa shape index (κ3) is 1.57. The maximum absolute atomic E-state index is 13.3. The number of carbonyl (C=O) groups excluding carboxylic acids is 1. The summed E-state index contributed by atoms with van der Waals surface area (Å²) >= 11 is 0. The summed E-state index contributed by atoms with van der Waals surface area (Å²) in [6.45, 7) is 0.490. The molecule has 16 heavy (non-hydrogen) atoms. The van der Waals surface area contributed by atoms with E-state index in [4.69, 9.17) is 4.74 Å². The average Bonchev–Trinajstić information content (AvgIpc) is 2.68. The van der Waals surface area contributed by atoms with Gasteiger partial charge in [0, 0.05) is 12.8 Å². The standard InChI is InChI=1S/C11H15F2NO2/c12-11(13)2-1-7-3-10(4-8(7)5-11)6-14-9(15)16-10/h7-8H,1-6H2,(H,14,15)/t7-,8+,10+/m0/s1. The Balaban J connectivity index is 1.75. The summed E-state index contributed by atoms with van der Waals surface area (Å²) in [7, 11) is 0. The van der Waals surface area contributed by atoms with Crippen molar-refractivity contribution in [3.63, 3.8) is 0 Å². The highest BCUT2D eigenvalue weighted by atomic mass is 19.3. The van der Waals surface area contributed by atoms with Gasteiger partial charge in [-0.2, -0.15) is 0 Å². The van der Waals surface area contributed by atoms with Crippen LogP contribution in [0.25, 0.3) is 0 Å². The normalized spacial score (nSPS) is 45.2. The molecule has 0 aromatic carbocycles. The predicted octanol–water partition coefficient (Wildman–Crippen LogP) is 2.31. The number of halogens is 2. The van der Waals surface area contributed by atoms with Gasteiger partial charge in [0.25, 0.3) is 0 Å². The first kappa shape index (κ1) is 10.3. The minimum atomic E-state index is -2.51. The lowest BCUT2D eigenvalue weighted by molar-refractivity contribution is -0.0636. The Morgan fingerprint density at radius 3 is 2.69 bits per heavy atom. The molecule has 3 aliphatic rings. The number of amides is 1. The van der Waals surface area contributed by atoms with E-state index in [-0.39, 0.29) is 18.8 Å². The van der Waals surface area contributed by atoms with E-state index in [1.165, 1.54) is 0 Å². The molecule has 0 unspecified atom stereocenters. The van der Waals surface area contributed by atoms with Crippen LogP contribution in [0.5, 0.6) is 0 Å². The summed E-state index contributed by atoms with van der Waals surface area (Å²) in [4.78, 5) is 11.1. The highest BCUT2D eigenvalue weighted by Crippen LogP contribution is 2.53. The van der Waals surface area contributed by atoms with Gasteiger partial charge in [0.1, 0.15) is 5.60 Å². The van der Waals surface area contributed by atoms with Crippen molar-refractivity contribution < 1.29 is 18.3 Å². The highest BCUT2D eigenvalue weighted by molar-refractivity contribution is 5.70. The lowest BCUT2D eigenvalue weighted by atomic mass is 9.80. The number of hydrogen-bond acceptors (Lipinski definition) is 2. The van der Waals surface area contributed by atoms with Gasteiger partial charge >= 0.3 is 6.09 Å². The molecule has 1 N–H and O–H groups in total. The largest absolute Gasteiger partial charge is 0.441 e. The predicted molar refractivity (Wildman–Crippen MR) is 52.2 cm³/mol. The first-order valence-corrected chi connectivity index (χ1v) is 5.83. The summed E-state index contributed by atoms with van der Waals surface area (Å²) in [5.74, 6) is -2.17. The number of alkyl halides is 2. The van der Waals surface area contributed by atoms with Crippen LogP contribution in [-0.2, 0) is 4.74 Å². The number of carbonyl (C=O) groups is 1. The van der Waals surface area contributed by atoms with Gasteiger partial charge in [-0.25, -0.2) is 13.6 Å². The van der Waals surface area contributed by atoms with Crippen LogP contribution in [0.2, 0.25) is 0 Å². The fourth-order valence-electron chi connectivity index (χ4n) is 3.56. The molecule has 0 radical (unpaired) electrons. The Hall–Kier alpha value is -0.870. The molecule has 5 heteroatoms. The Kier molecular flexibility index (Phi) is 1.98. The molecule has 0 aromatic rings. The van der Waals surface area contributed by atoms with Gasteiger partial charge in [0.15, 0.2) is 0 Å². The Bertz CT molecular complexity index is 334. The van der Waals surface area contributed by atoms with Crippen molar-refractivity contribution in [1.29, 1.82) is 0 Å². The molecule has 1 saturated heterocycles. The van der Waals surface area contributed by atoms with Crippen LogP contribution in [0.4, 0.5) is 13.6 Å². The molecule has 0 bridgehead atoms. The number of rotatable bonds is 0. The zero-order valence-electron chi connectivity index (χ0n) is 8.97. The van der Waals surface area contributed by atoms with Crippen molar-refractivity contribution in [3.05, 3.63) is 0 Å². The highest BCUT2D eigenvalue weighted by Gasteiger charge is 2.55. The molecule has 1 heterocycles. The molecule has 1 amide bonds. The van der Waals surface area contributed by atoms with Crippen LogP contribution in [0, 0.1) is 11.8 Å². The molecule has 3 fully saturated rings. The van der Waals surface area contributed by atoms with E-state index in [1.54, 1.807) is 0 Å². The van der Waals surface area contributed by atoms with E-state index >= 15 is 0 Å². The average molecular weight is 231 g/mol. The zero-order chi connectivity index (χ0) is 11.4. The number of hydrogen-bond donors (Lipinski definition) is 1. The third-order valence-electron chi connectivity index (χ3n) is 4.24. The summed E-state index contributed by atoms with van der Waals surface area (Å²) in [6, 6.07) is 0. The summed E-state index contributed by atoms with van der Waals surface area (Å²) in [5, 5.41) is 2.63. The van der Waals surface area contributed by atoms with Gasteiger partial charge < -0.3 is 10.1 Å². The summed E-state index contributed by atoms with van der Waals surface area (Å²) in [5.41, 5.74) is -0.479.